The van der Waals surface area contributed by atoms with Crippen LogP contribution in [0.1, 0.15) is 30.2 Å². The lowest BCUT2D eigenvalue weighted by Crippen LogP contribution is -2.38. The average Bonchev–Trinajstić information content (AvgIpc) is 2.60. The quantitative estimate of drug-likeness (QED) is 0.790. The smallest absolute Gasteiger partial charge is 0.274 e. The van der Waals surface area contributed by atoms with Crippen LogP contribution in [0.25, 0.3) is 10.9 Å². The van der Waals surface area contributed by atoms with Gasteiger partial charge in [0.1, 0.15) is 11.5 Å². The molecule has 0 bridgehead atoms. The molecule has 2 aromatic heterocycles. The Kier molecular flexibility index (Phi) is 4.33. The van der Waals surface area contributed by atoms with Gasteiger partial charge in [0.2, 0.25) is 0 Å². The van der Waals surface area contributed by atoms with Crippen LogP contribution in [-0.4, -0.2) is 36.8 Å². The van der Waals surface area contributed by atoms with Crippen LogP contribution in [0.15, 0.2) is 47.7 Å². The molecule has 7 heteroatoms. The lowest BCUT2D eigenvalue weighted by Gasteiger charge is -2.25. The minimum Gasteiger partial charge on any atom is -0.327 e. The van der Waals surface area contributed by atoms with Gasteiger partial charge in [0.15, 0.2) is 0 Å². The molecule has 0 fully saturated rings. The molecule has 122 valence electrons. The van der Waals surface area contributed by atoms with Crippen molar-refractivity contribution in [3.05, 3.63) is 64.7 Å². The zero-order valence-electron chi connectivity index (χ0n) is 13.4. The van der Waals surface area contributed by atoms with Crippen LogP contribution in [0.5, 0.6) is 0 Å². The summed E-state index contributed by atoms with van der Waals surface area (Å²) in [5.74, 6) is 0.179. The van der Waals surface area contributed by atoms with Crippen molar-refractivity contribution >= 4 is 16.8 Å². The van der Waals surface area contributed by atoms with E-state index in [0.717, 1.165) is 0 Å². The number of hydrogen-bond acceptors (Lipinski definition) is 5. The number of aromatic amines is 1. The first-order valence-corrected chi connectivity index (χ1v) is 7.61. The summed E-state index contributed by atoms with van der Waals surface area (Å²) in [4.78, 5) is 41.6. The van der Waals surface area contributed by atoms with Crippen LogP contribution < -0.4 is 5.56 Å². The first kappa shape index (κ1) is 15.8. The molecule has 0 spiro atoms. The van der Waals surface area contributed by atoms with Gasteiger partial charge in [-0.3, -0.25) is 14.6 Å². The Morgan fingerprint density at radius 1 is 1.25 bits per heavy atom. The summed E-state index contributed by atoms with van der Waals surface area (Å²) in [5, 5.41) is 0.526. The summed E-state index contributed by atoms with van der Waals surface area (Å²) >= 11 is 0. The number of para-hydroxylation sites is 1. The van der Waals surface area contributed by atoms with E-state index < -0.39 is 0 Å². The van der Waals surface area contributed by atoms with Crippen LogP contribution in [0.4, 0.5) is 0 Å². The molecule has 0 aliphatic carbocycles. The van der Waals surface area contributed by atoms with Crippen molar-refractivity contribution < 1.29 is 4.79 Å². The van der Waals surface area contributed by atoms with Crippen molar-refractivity contribution in [2.75, 3.05) is 0 Å². The molecule has 0 saturated carbocycles. The molecule has 0 atom stereocenters. The van der Waals surface area contributed by atoms with E-state index in [0.29, 0.717) is 16.7 Å². The van der Waals surface area contributed by atoms with Crippen molar-refractivity contribution in [3.63, 3.8) is 0 Å². The van der Waals surface area contributed by atoms with Crippen LogP contribution in [0.2, 0.25) is 0 Å². The van der Waals surface area contributed by atoms with Crippen molar-refractivity contribution in [3.8, 4) is 0 Å². The Balaban J connectivity index is 1.94. The number of nitrogens with zero attached hydrogens (tertiary/aromatic N) is 4. The number of nitrogens with one attached hydrogen (secondary N) is 1. The van der Waals surface area contributed by atoms with E-state index in [-0.39, 0.29) is 29.7 Å². The van der Waals surface area contributed by atoms with Gasteiger partial charge in [-0.05, 0) is 26.0 Å². The van der Waals surface area contributed by atoms with Crippen molar-refractivity contribution in [1.29, 1.82) is 0 Å². The highest BCUT2D eigenvalue weighted by atomic mass is 16.2. The van der Waals surface area contributed by atoms with Gasteiger partial charge in [0, 0.05) is 18.4 Å². The van der Waals surface area contributed by atoms with E-state index in [4.69, 9.17) is 0 Å². The third-order valence-electron chi connectivity index (χ3n) is 3.65. The fourth-order valence-corrected chi connectivity index (χ4v) is 2.42. The number of amides is 1. The van der Waals surface area contributed by atoms with Crippen LogP contribution >= 0.6 is 0 Å². The molecule has 0 aliphatic heterocycles. The SMILES string of the molecule is CC(C)N(Cc1nc2ccccc2c(=O)[nH]1)C(=O)c1cnccn1. The third-order valence-corrected chi connectivity index (χ3v) is 3.65. The standard InChI is InChI=1S/C17H17N5O2/c1-11(2)22(17(24)14-9-18-7-8-19-14)10-15-20-13-6-4-3-5-12(13)16(23)21-15/h3-9,11H,10H2,1-2H3,(H,20,21,23). The Morgan fingerprint density at radius 2 is 2.04 bits per heavy atom. The van der Waals surface area contributed by atoms with Crippen molar-refractivity contribution in [1.82, 2.24) is 24.8 Å². The molecule has 1 aromatic carbocycles. The first-order chi connectivity index (χ1) is 11.6. The molecule has 0 saturated heterocycles. The van der Waals surface area contributed by atoms with E-state index in [2.05, 4.69) is 19.9 Å². The lowest BCUT2D eigenvalue weighted by molar-refractivity contribution is 0.0678. The number of carbonyl (C=O) groups excluding carboxylic acids is 1. The number of rotatable bonds is 4. The maximum Gasteiger partial charge on any atom is 0.274 e. The number of H-pyrrole nitrogens is 1. The molecule has 0 unspecified atom stereocenters. The highest BCUT2D eigenvalue weighted by Gasteiger charge is 2.21. The number of benzene rings is 1. The third kappa shape index (κ3) is 3.15. The minimum absolute atomic E-state index is 0.0868. The van der Waals surface area contributed by atoms with Gasteiger partial charge in [0.25, 0.3) is 11.5 Å². The largest absolute Gasteiger partial charge is 0.327 e. The van der Waals surface area contributed by atoms with Gasteiger partial charge in [-0.1, -0.05) is 12.1 Å². The number of aromatic nitrogens is 4. The molecule has 2 heterocycles. The Labute approximate surface area is 138 Å². The molecule has 1 N–H and O–H groups in total. The average molecular weight is 323 g/mol. The predicted molar refractivity (Wildman–Crippen MR) is 89.4 cm³/mol. The maximum absolute atomic E-state index is 12.6. The maximum atomic E-state index is 12.6. The normalized spacial score (nSPS) is 11.0. The predicted octanol–water partition coefficient (Wildman–Crippen LogP) is 1.76. The number of hydrogen-bond donors (Lipinski definition) is 1. The molecule has 7 nitrogen and oxygen atoms in total. The molecule has 3 rings (SSSR count). The van der Waals surface area contributed by atoms with E-state index in [1.165, 1.54) is 18.6 Å². The zero-order chi connectivity index (χ0) is 17.1. The van der Waals surface area contributed by atoms with Crippen LogP contribution in [0.3, 0.4) is 0 Å². The van der Waals surface area contributed by atoms with E-state index in [9.17, 15) is 9.59 Å². The molecule has 0 radical (unpaired) electrons. The summed E-state index contributed by atoms with van der Waals surface area (Å²) in [7, 11) is 0. The molecule has 3 aromatic rings. The number of fused-ring (bicyclic) bond motifs is 1. The van der Waals surface area contributed by atoms with Gasteiger partial charge < -0.3 is 9.88 Å². The lowest BCUT2D eigenvalue weighted by atomic mass is 10.2. The van der Waals surface area contributed by atoms with Gasteiger partial charge in [-0.2, -0.15) is 0 Å². The first-order valence-electron chi connectivity index (χ1n) is 7.61. The van der Waals surface area contributed by atoms with Gasteiger partial charge in [-0.15, -0.1) is 0 Å². The van der Waals surface area contributed by atoms with E-state index in [1.54, 1.807) is 23.1 Å². The second-order valence-electron chi connectivity index (χ2n) is 5.65. The molecular formula is C17H17N5O2. The topological polar surface area (TPSA) is 91.8 Å². The molecule has 1 amide bonds. The monoisotopic (exact) mass is 323 g/mol. The summed E-state index contributed by atoms with van der Waals surface area (Å²) in [6.45, 7) is 3.98. The summed E-state index contributed by atoms with van der Waals surface area (Å²) in [5.41, 5.74) is 0.646. The van der Waals surface area contributed by atoms with Crippen LogP contribution in [-0.2, 0) is 6.54 Å². The fraction of sp³-hybridized carbons (Fsp3) is 0.235. The minimum atomic E-state index is -0.256. The van der Waals surface area contributed by atoms with Crippen molar-refractivity contribution in [2.45, 2.75) is 26.4 Å². The highest BCUT2D eigenvalue weighted by Crippen LogP contribution is 2.11. The number of carbonyl (C=O) groups is 1. The second-order valence-corrected chi connectivity index (χ2v) is 5.65. The van der Waals surface area contributed by atoms with Gasteiger partial charge in [-0.25, -0.2) is 9.97 Å². The summed E-state index contributed by atoms with van der Waals surface area (Å²) in [6, 6.07) is 7.02. The fourth-order valence-electron chi connectivity index (χ4n) is 2.42. The van der Waals surface area contributed by atoms with E-state index in [1.807, 2.05) is 19.9 Å². The molecule has 24 heavy (non-hydrogen) atoms. The Hall–Kier alpha value is -3.09. The summed E-state index contributed by atoms with van der Waals surface area (Å²) in [6.07, 6.45) is 4.41. The zero-order valence-corrected chi connectivity index (χ0v) is 13.4. The van der Waals surface area contributed by atoms with Crippen molar-refractivity contribution in [2.24, 2.45) is 0 Å². The Morgan fingerprint density at radius 3 is 2.75 bits per heavy atom. The van der Waals surface area contributed by atoms with Crippen LogP contribution in [0, 0.1) is 0 Å². The second kappa shape index (κ2) is 6.57. The van der Waals surface area contributed by atoms with E-state index >= 15 is 0 Å². The molecular weight excluding hydrogens is 306 g/mol. The highest BCUT2D eigenvalue weighted by molar-refractivity contribution is 5.92. The van der Waals surface area contributed by atoms with Gasteiger partial charge >= 0.3 is 0 Å². The molecule has 0 aliphatic rings. The Bertz CT molecular complexity index is 921. The summed E-state index contributed by atoms with van der Waals surface area (Å²) < 4.78 is 0. The van der Waals surface area contributed by atoms with Gasteiger partial charge in [0.05, 0.1) is 23.6 Å².